The molecule has 0 amide bonds. The van der Waals surface area contributed by atoms with E-state index < -0.39 is 0 Å². The van der Waals surface area contributed by atoms with Crippen molar-refractivity contribution in [3.05, 3.63) is 32.9 Å². The van der Waals surface area contributed by atoms with Crippen molar-refractivity contribution in [2.45, 2.75) is 26.4 Å². The second kappa shape index (κ2) is 4.94. The van der Waals surface area contributed by atoms with Crippen molar-refractivity contribution in [2.24, 2.45) is 0 Å². The van der Waals surface area contributed by atoms with Gasteiger partial charge in [0, 0.05) is 26.8 Å². The molecule has 0 radical (unpaired) electrons. The number of hydrogen-bond donors (Lipinski definition) is 1. The number of aryl methyl sites for hydroxylation is 1. The van der Waals surface area contributed by atoms with Gasteiger partial charge in [0.05, 0.1) is 0 Å². The standard InChI is InChI=1S/C10H14BrNS/c1-4-7(2)12-6-9-5-10(11)8(3)13-9/h4-5,7,12H,1,6H2,2-3H3. The Hall–Kier alpha value is -0.120. The van der Waals surface area contributed by atoms with E-state index in [1.807, 2.05) is 17.4 Å². The fourth-order valence-corrected chi connectivity index (χ4v) is 2.50. The molecule has 0 aliphatic carbocycles. The van der Waals surface area contributed by atoms with Gasteiger partial charge >= 0.3 is 0 Å². The quantitative estimate of drug-likeness (QED) is 0.817. The van der Waals surface area contributed by atoms with Gasteiger partial charge in [-0.25, -0.2) is 0 Å². The van der Waals surface area contributed by atoms with E-state index in [9.17, 15) is 0 Å². The van der Waals surface area contributed by atoms with Gasteiger partial charge in [0.25, 0.3) is 0 Å². The van der Waals surface area contributed by atoms with Crippen LogP contribution in [0.15, 0.2) is 23.2 Å². The average molecular weight is 260 g/mol. The molecule has 1 nitrogen and oxygen atoms in total. The molecule has 3 heteroatoms. The molecule has 0 fully saturated rings. The Morgan fingerprint density at radius 3 is 2.92 bits per heavy atom. The van der Waals surface area contributed by atoms with Gasteiger partial charge in [0.1, 0.15) is 0 Å². The Morgan fingerprint density at radius 1 is 1.77 bits per heavy atom. The number of rotatable bonds is 4. The van der Waals surface area contributed by atoms with Gasteiger partial charge in [0.15, 0.2) is 0 Å². The molecule has 72 valence electrons. The van der Waals surface area contributed by atoms with Crippen molar-refractivity contribution >= 4 is 27.3 Å². The molecule has 1 atom stereocenters. The molecule has 1 aromatic heterocycles. The lowest BCUT2D eigenvalue weighted by Crippen LogP contribution is -2.22. The summed E-state index contributed by atoms with van der Waals surface area (Å²) in [5.74, 6) is 0. The SMILES string of the molecule is C=CC(C)NCc1cc(Br)c(C)s1. The summed E-state index contributed by atoms with van der Waals surface area (Å²) in [6, 6.07) is 2.55. The average Bonchev–Trinajstić information content (AvgIpc) is 2.42. The van der Waals surface area contributed by atoms with Crippen LogP contribution in [0.3, 0.4) is 0 Å². The van der Waals surface area contributed by atoms with Gasteiger partial charge < -0.3 is 5.32 Å². The minimum absolute atomic E-state index is 0.376. The van der Waals surface area contributed by atoms with Crippen LogP contribution >= 0.6 is 27.3 Å². The minimum atomic E-state index is 0.376. The molecule has 1 N–H and O–H groups in total. The van der Waals surface area contributed by atoms with Crippen molar-refractivity contribution in [1.29, 1.82) is 0 Å². The Labute approximate surface area is 92.0 Å². The minimum Gasteiger partial charge on any atom is -0.306 e. The van der Waals surface area contributed by atoms with Crippen LogP contribution in [0.2, 0.25) is 0 Å². The molecule has 0 spiro atoms. The first-order valence-corrected chi connectivity index (χ1v) is 5.85. The first-order chi connectivity index (χ1) is 6.13. The lowest BCUT2D eigenvalue weighted by Gasteiger charge is -2.06. The van der Waals surface area contributed by atoms with Crippen molar-refractivity contribution in [1.82, 2.24) is 5.32 Å². The van der Waals surface area contributed by atoms with E-state index in [2.05, 4.69) is 47.7 Å². The van der Waals surface area contributed by atoms with Crippen LogP contribution < -0.4 is 5.32 Å². The number of halogens is 1. The Bertz CT molecular complexity index is 274. The molecule has 1 aromatic rings. The molecule has 1 unspecified atom stereocenters. The fourth-order valence-electron chi connectivity index (χ4n) is 0.950. The highest BCUT2D eigenvalue weighted by atomic mass is 79.9. The summed E-state index contributed by atoms with van der Waals surface area (Å²) in [5, 5.41) is 3.36. The molecule has 0 saturated heterocycles. The molecular weight excluding hydrogens is 246 g/mol. The summed E-state index contributed by atoms with van der Waals surface area (Å²) in [7, 11) is 0. The molecule has 1 rings (SSSR count). The smallest absolute Gasteiger partial charge is 0.0314 e. The van der Waals surface area contributed by atoms with Crippen LogP contribution in [0.25, 0.3) is 0 Å². The van der Waals surface area contributed by atoms with Crippen LogP contribution in [0.5, 0.6) is 0 Å². The first kappa shape index (κ1) is 11.0. The lowest BCUT2D eigenvalue weighted by atomic mass is 10.3. The van der Waals surface area contributed by atoms with Gasteiger partial charge in [0.2, 0.25) is 0 Å². The Morgan fingerprint density at radius 2 is 2.46 bits per heavy atom. The maximum Gasteiger partial charge on any atom is 0.0314 e. The third-order valence-electron chi connectivity index (χ3n) is 1.86. The van der Waals surface area contributed by atoms with Gasteiger partial charge in [-0.05, 0) is 35.8 Å². The van der Waals surface area contributed by atoms with Crippen LogP contribution in [-0.2, 0) is 6.54 Å². The first-order valence-electron chi connectivity index (χ1n) is 4.24. The van der Waals surface area contributed by atoms with Gasteiger partial charge in [-0.15, -0.1) is 17.9 Å². The predicted molar refractivity (Wildman–Crippen MR) is 63.3 cm³/mol. The summed E-state index contributed by atoms with van der Waals surface area (Å²) in [5.41, 5.74) is 0. The van der Waals surface area contributed by atoms with Crippen LogP contribution in [-0.4, -0.2) is 6.04 Å². The van der Waals surface area contributed by atoms with E-state index in [0.29, 0.717) is 6.04 Å². The zero-order valence-corrected chi connectivity index (χ0v) is 10.3. The van der Waals surface area contributed by atoms with E-state index in [0.717, 1.165) is 6.54 Å². The van der Waals surface area contributed by atoms with E-state index in [1.54, 1.807) is 0 Å². The maximum absolute atomic E-state index is 3.73. The van der Waals surface area contributed by atoms with Crippen molar-refractivity contribution in [3.63, 3.8) is 0 Å². The topological polar surface area (TPSA) is 12.0 Å². The lowest BCUT2D eigenvalue weighted by molar-refractivity contribution is 0.640. The number of thiophene rings is 1. The van der Waals surface area contributed by atoms with E-state index in [4.69, 9.17) is 0 Å². The molecule has 0 aliphatic rings. The second-order valence-corrected chi connectivity index (χ2v) is 5.22. The number of hydrogen-bond acceptors (Lipinski definition) is 2. The largest absolute Gasteiger partial charge is 0.306 e. The summed E-state index contributed by atoms with van der Waals surface area (Å²) >= 11 is 5.33. The van der Waals surface area contributed by atoms with E-state index in [1.165, 1.54) is 14.2 Å². The van der Waals surface area contributed by atoms with Crippen LogP contribution in [0.4, 0.5) is 0 Å². The third kappa shape index (κ3) is 3.25. The second-order valence-electron chi connectivity index (χ2n) is 3.02. The molecular formula is C10H14BrNS. The highest BCUT2D eigenvalue weighted by Gasteiger charge is 2.02. The highest BCUT2D eigenvalue weighted by Crippen LogP contribution is 2.26. The van der Waals surface area contributed by atoms with Crippen LogP contribution in [0, 0.1) is 6.92 Å². The fraction of sp³-hybridized carbons (Fsp3) is 0.400. The van der Waals surface area contributed by atoms with Crippen molar-refractivity contribution < 1.29 is 0 Å². The van der Waals surface area contributed by atoms with Gasteiger partial charge in [-0.2, -0.15) is 0 Å². The normalized spacial score (nSPS) is 12.8. The molecule has 0 bridgehead atoms. The summed E-state index contributed by atoms with van der Waals surface area (Å²) in [6.45, 7) is 8.87. The molecule has 0 saturated carbocycles. The third-order valence-corrected chi connectivity index (χ3v) is 4.00. The van der Waals surface area contributed by atoms with Crippen molar-refractivity contribution in [2.75, 3.05) is 0 Å². The van der Waals surface area contributed by atoms with Crippen molar-refractivity contribution in [3.8, 4) is 0 Å². The van der Waals surface area contributed by atoms with Gasteiger partial charge in [-0.1, -0.05) is 6.08 Å². The molecule has 13 heavy (non-hydrogen) atoms. The molecule has 1 heterocycles. The summed E-state index contributed by atoms with van der Waals surface area (Å²) in [4.78, 5) is 2.70. The Balaban J connectivity index is 2.50. The maximum atomic E-state index is 3.73. The monoisotopic (exact) mass is 259 g/mol. The Kier molecular flexibility index (Phi) is 4.16. The van der Waals surface area contributed by atoms with E-state index >= 15 is 0 Å². The zero-order chi connectivity index (χ0) is 9.84. The number of nitrogens with one attached hydrogen (secondary N) is 1. The predicted octanol–water partition coefficient (Wildman–Crippen LogP) is 3.48. The molecule has 0 aliphatic heterocycles. The summed E-state index contributed by atoms with van der Waals surface area (Å²) < 4.78 is 1.21. The summed E-state index contributed by atoms with van der Waals surface area (Å²) in [6.07, 6.45) is 1.91. The van der Waals surface area contributed by atoms with E-state index in [-0.39, 0.29) is 0 Å². The van der Waals surface area contributed by atoms with Gasteiger partial charge in [-0.3, -0.25) is 0 Å². The molecule has 0 aromatic carbocycles. The van der Waals surface area contributed by atoms with Crippen LogP contribution in [0.1, 0.15) is 16.7 Å². The zero-order valence-electron chi connectivity index (χ0n) is 7.93. The highest BCUT2D eigenvalue weighted by molar-refractivity contribution is 9.10.